The van der Waals surface area contributed by atoms with E-state index in [1.807, 2.05) is 23.2 Å². The zero-order valence-electron chi connectivity index (χ0n) is 16.9. The van der Waals surface area contributed by atoms with Crippen LogP contribution in [0.3, 0.4) is 0 Å². The maximum atomic E-state index is 13.1. The number of benzene rings is 1. The molecule has 1 aromatic rings. The SMILES string of the molecule is CN1CCCC1=C1C=Nc2cc(C(=O)N3CCN(C4CCCC4)CC3)ccc21. The van der Waals surface area contributed by atoms with Crippen molar-refractivity contribution in [3.05, 3.63) is 35.0 Å². The Bertz CT molecular complexity index is 829. The third-order valence-corrected chi connectivity index (χ3v) is 6.99. The molecule has 0 N–H and O–H groups in total. The van der Waals surface area contributed by atoms with Crippen LogP contribution in [-0.4, -0.2) is 72.6 Å². The molecule has 0 radical (unpaired) electrons. The van der Waals surface area contributed by atoms with Gasteiger partial charge in [-0.05, 0) is 37.8 Å². The van der Waals surface area contributed by atoms with Gasteiger partial charge in [0.25, 0.3) is 5.91 Å². The number of aliphatic imine (C=N–C) groups is 1. The van der Waals surface area contributed by atoms with E-state index >= 15 is 0 Å². The van der Waals surface area contributed by atoms with Crippen LogP contribution in [0.25, 0.3) is 5.57 Å². The minimum absolute atomic E-state index is 0.156. The Labute approximate surface area is 167 Å². The van der Waals surface area contributed by atoms with Crippen molar-refractivity contribution in [2.24, 2.45) is 4.99 Å². The Kier molecular flexibility index (Phi) is 4.71. The normalized spacial score (nSPS) is 25.8. The number of rotatable bonds is 2. The van der Waals surface area contributed by atoms with Gasteiger partial charge in [0.05, 0.1) is 5.69 Å². The molecule has 0 atom stereocenters. The Hall–Kier alpha value is -2.14. The summed E-state index contributed by atoms with van der Waals surface area (Å²) in [6.45, 7) is 4.83. The fraction of sp³-hybridized carbons (Fsp3) is 0.565. The first kappa shape index (κ1) is 17.9. The van der Waals surface area contributed by atoms with Crippen LogP contribution in [0.15, 0.2) is 28.9 Å². The molecule has 0 unspecified atom stereocenters. The van der Waals surface area contributed by atoms with Crippen molar-refractivity contribution in [1.29, 1.82) is 0 Å². The van der Waals surface area contributed by atoms with Crippen LogP contribution in [-0.2, 0) is 0 Å². The molecule has 28 heavy (non-hydrogen) atoms. The predicted molar refractivity (Wildman–Crippen MR) is 113 cm³/mol. The van der Waals surface area contributed by atoms with Gasteiger partial charge in [0.2, 0.25) is 0 Å². The average Bonchev–Trinajstić information content (AvgIpc) is 3.48. The van der Waals surface area contributed by atoms with Crippen molar-refractivity contribution < 1.29 is 4.79 Å². The van der Waals surface area contributed by atoms with E-state index in [1.54, 1.807) is 0 Å². The summed E-state index contributed by atoms with van der Waals surface area (Å²) in [5.74, 6) is 0.156. The van der Waals surface area contributed by atoms with Crippen molar-refractivity contribution in [1.82, 2.24) is 14.7 Å². The number of allylic oxidation sites excluding steroid dienone is 2. The summed E-state index contributed by atoms with van der Waals surface area (Å²) in [5.41, 5.74) is 5.50. The van der Waals surface area contributed by atoms with Gasteiger partial charge >= 0.3 is 0 Å². The first-order valence-corrected chi connectivity index (χ1v) is 10.9. The molecule has 3 heterocycles. The Morgan fingerprint density at radius 2 is 1.82 bits per heavy atom. The number of likely N-dealkylation sites (tertiary alicyclic amines) is 1. The van der Waals surface area contributed by atoms with Gasteiger partial charge in [-0.25, -0.2) is 0 Å². The summed E-state index contributed by atoms with van der Waals surface area (Å²) in [5, 5.41) is 0. The van der Waals surface area contributed by atoms with Crippen molar-refractivity contribution >= 4 is 23.4 Å². The molecular weight excluding hydrogens is 348 g/mol. The quantitative estimate of drug-likeness (QED) is 0.790. The zero-order valence-corrected chi connectivity index (χ0v) is 16.9. The van der Waals surface area contributed by atoms with E-state index in [1.165, 1.54) is 48.9 Å². The second-order valence-corrected chi connectivity index (χ2v) is 8.64. The number of hydrogen-bond donors (Lipinski definition) is 0. The molecule has 5 rings (SSSR count). The van der Waals surface area contributed by atoms with Crippen molar-refractivity contribution in [2.75, 3.05) is 39.8 Å². The van der Waals surface area contributed by atoms with E-state index in [0.717, 1.165) is 56.4 Å². The second kappa shape index (κ2) is 7.36. The van der Waals surface area contributed by atoms with E-state index < -0.39 is 0 Å². The fourth-order valence-corrected chi connectivity index (χ4v) is 5.32. The van der Waals surface area contributed by atoms with Gasteiger partial charge in [-0.1, -0.05) is 18.9 Å². The third kappa shape index (κ3) is 3.16. The lowest BCUT2D eigenvalue weighted by molar-refractivity contribution is 0.0573. The first-order valence-electron chi connectivity index (χ1n) is 10.9. The van der Waals surface area contributed by atoms with Gasteiger partial charge in [0.1, 0.15) is 0 Å². The summed E-state index contributed by atoms with van der Waals surface area (Å²) in [4.78, 5) is 24.6. The molecule has 3 fully saturated rings. The summed E-state index contributed by atoms with van der Waals surface area (Å²) >= 11 is 0. The summed E-state index contributed by atoms with van der Waals surface area (Å²) in [6.07, 6.45) is 9.72. The third-order valence-electron chi connectivity index (χ3n) is 6.99. The molecule has 3 aliphatic heterocycles. The van der Waals surface area contributed by atoms with Crippen molar-refractivity contribution in [2.45, 2.75) is 44.6 Å². The average molecular weight is 379 g/mol. The number of nitrogens with zero attached hydrogens (tertiary/aromatic N) is 4. The minimum Gasteiger partial charge on any atom is -0.377 e. The topological polar surface area (TPSA) is 39.2 Å². The molecule has 1 saturated carbocycles. The molecule has 2 saturated heterocycles. The number of fused-ring (bicyclic) bond motifs is 1. The number of carbonyl (C=O) groups is 1. The summed E-state index contributed by atoms with van der Waals surface area (Å²) in [6, 6.07) is 6.83. The largest absolute Gasteiger partial charge is 0.377 e. The minimum atomic E-state index is 0.156. The van der Waals surface area contributed by atoms with E-state index in [4.69, 9.17) is 0 Å². The predicted octanol–water partition coefficient (Wildman–Crippen LogP) is 3.54. The van der Waals surface area contributed by atoms with Crippen LogP contribution in [0.5, 0.6) is 0 Å². The highest BCUT2D eigenvalue weighted by Crippen LogP contribution is 2.37. The molecule has 5 nitrogen and oxygen atoms in total. The molecule has 0 spiro atoms. The van der Waals surface area contributed by atoms with Crippen LogP contribution < -0.4 is 0 Å². The highest BCUT2D eigenvalue weighted by Gasteiger charge is 2.29. The van der Waals surface area contributed by atoms with Gasteiger partial charge < -0.3 is 9.80 Å². The molecule has 1 aliphatic carbocycles. The summed E-state index contributed by atoms with van der Waals surface area (Å²) < 4.78 is 0. The van der Waals surface area contributed by atoms with Gasteiger partial charge in [0.15, 0.2) is 0 Å². The highest BCUT2D eigenvalue weighted by molar-refractivity contribution is 6.17. The number of piperazine rings is 1. The molecule has 5 heteroatoms. The monoisotopic (exact) mass is 378 g/mol. The number of carbonyl (C=O) groups excluding carboxylic acids is 1. The van der Waals surface area contributed by atoms with E-state index in [9.17, 15) is 4.79 Å². The number of amides is 1. The lowest BCUT2D eigenvalue weighted by atomic mass is 10.0. The van der Waals surface area contributed by atoms with Crippen LogP contribution >= 0.6 is 0 Å². The van der Waals surface area contributed by atoms with Crippen LogP contribution in [0.2, 0.25) is 0 Å². The van der Waals surface area contributed by atoms with Gasteiger partial charge in [-0.2, -0.15) is 0 Å². The maximum Gasteiger partial charge on any atom is 0.254 e. The Morgan fingerprint density at radius 1 is 1.04 bits per heavy atom. The zero-order chi connectivity index (χ0) is 19.1. The Balaban J connectivity index is 1.29. The number of hydrogen-bond acceptors (Lipinski definition) is 4. The molecule has 148 valence electrons. The van der Waals surface area contributed by atoms with Gasteiger partial charge in [0, 0.05) is 74.4 Å². The van der Waals surface area contributed by atoms with Crippen molar-refractivity contribution in [3.63, 3.8) is 0 Å². The van der Waals surface area contributed by atoms with E-state index in [0.29, 0.717) is 0 Å². The molecular formula is C23H30N4O. The first-order chi connectivity index (χ1) is 13.7. The Morgan fingerprint density at radius 3 is 2.54 bits per heavy atom. The van der Waals surface area contributed by atoms with Gasteiger partial charge in [-0.3, -0.25) is 14.7 Å². The van der Waals surface area contributed by atoms with E-state index in [-0.39, 0.29) is 5.91 Å². The van der Waals surface area contributed by atoms with Gasteiger partial charge in [-0.15, -0.1) is 0 Å². The summed E-state index contributed by atoms with van der Waals surface area (Å²) in [7, 11) is 2.16. The second-order valence-electron chi connectivity index (χ2n) is 8.64. The molecule has 1 aromatic carbocycles. The highest BCUT2D eigenvalue weighted by atomic mass is 16.2. The maximum absolute atomic E-state index is 13.1. The lowest BCUT2D eigenvalue weighted by Gasteiger charge is -2.38. The van der Waals surface area contributed by atoms with Crippen LogP contribution in [0, 0.1) is 0 Å². The van der Waals surface area contributed by atoms with Crippen LogP contribution in [0.4, 0.5) is 5.69 Å². The van der Waals surface area contributed by atoms with E-state index in [2.05, 4.69) is 27.9 Å². The standard InChI is InChI=1S/C23H30N4O/c1-25-10-4-7-22(25)20-16-24-21-15-17(8-9-19(20)21)23(28)27-13-11-26(12-14-27)18-5-2-3-6-18/h8-9,15-16,18H,2-7,10-14H2,1H3. The molecule has 4 aliphatic rings. The molecule has 0 bridgehead atoms. The molecule has 1 amide bonds. The van der Waals surface area contributed by atoms with Crippen molar-refractivity contribution in [3.8, 4) is 0 Å². The van der Waals surface area contributed by atoms with Crippen LogP contribution in [0.1, 0.15) is 54.4 Å². The molecule has 0 aromatic heterocycles. The smallest absolute Gasteiger partial charge is 0.254 e. The fourth-order valence-electron chi connectivity index (χ4n) is 5.32. The lowest BCUT2D eigenvalue weighted by Crippen LogP contribution is -2.51.